The molecule has 0 aromatic carbocycles. The molecule has 16 nitrogen and oxygen atoms in total. The van der Waals surface area contributed by atoms with E-state index < -0.39 is 29.0 Å². The summed E-state index contributed by atoms with van der Waals surface area (Å²) >= 11 is -11.8. The molecule has 21 heavy (non-hydrogen) atoms. The third-order valence-corrected chi connectivity index (χ3v) is 0. The minimum Gasteiger partial charge on any atom is 2.00 e. The van der Waals surface area contributed by atoms with E-state index in [4.69, 9.17) is 32.1 Å². The van der Waals surface area contributed by atoms with E-state index in [2.05, 4.69) is 0 Å². The molecule has 149 valence electrons. The van der Waals surface area contributed by atoms with Crippen molar-refractivity contribution in [3.8, 4) is 0 Å². The van der Waals surface area contributed by atoms with E-state index in [0.717, 1.165) is 0 Å². The summed E-state index contributed by atoms with van der Waals surface area (Å²) in [5, 5.41) is 0. The van der Waals surface area contributed by atoms with Crippen LogP contribution >= 0.6 is 0 Å². The Labute approximate surface area is 154 Å². The monoisotopic (exact) mass is 599 g/mol. The fourth-order valence-corrected chi connectivity index (χ4v) is 0. The van der Waals surface area contributed by atoms with Gasteiger partial charge in [0, 0.05) is 0 Å². The van der Waals surface area contributed by atoms with Crippen molar-refractivity contribution in [2.45, 2.75) is 0 Å². The first-order valence-electron chi connectivity index (χ1n) is 1.46. The van der Waals surface area contributed by atoms with Crippen molar-refractivity contribution in [2.24, 2.45) is 0 Å². The van der Waals surface area contributed by atoms with Gasteiger partial charge in [-0.1, -0.05) is 0 Å². The smallest absolute Gasteiger partial charge is 2.00 e. The molecule has 16 N–H and O–H groups in total. The molecule has 21 heteroatoms. The van der Waals surface area contributed by atoms with Crippen molar-refractivity contribution in [3.05, 3.63) is 0 Å². The van der Waals surface area contributed by atoms with Crippen LogP contribution in [0.25, 0.3) is 0 Å². The Morgan fingerprint density at radius 1 is 0.381 bits per heavy atom. The van der Waals surface area contributed by atoms with E-state index >= 15 is 0 Å². The van der Waals surface area contributed by atoms with Gasteiger partial charge in [0.1, 0.15) is 0 Å². The van der Waals surface area contributed by atoms with Crippen LogP contribution in [-0.2, 0) is 57.8 Å². The van der Waals surface area contributed by atoms with Crippen LogP contribution < -0.4 is 24.6 Å². The van der Waals surface area contributed by atoms with E-state index in [1.807, 2.05) is 0 Å². The van der Waals surface area contributed by atoms with Crippen molar-refractivity contribution >= 4 is 29.0 Å². The van der Waals surface area contributed by atoms with Gasteiger partial charge in [0.15, 0.2) is 0 Å². The Balaban J connectivity index is -0.00000000364. The molecule has 0 saturated heterocycles. The van der Waals surface area contributed by atoms with Crippen LogP contribution in [0.15, 0.2) is 0 Å². The second-order valence-corrected chi connectivity index (χ2v) is 4.65. The molecule has 0 bridgehead atoms. The Hall–Kier alpha value is 1.68. The van der Waals surface area contributed by atoms with Gasteiger partial charge < -0.3 is 43.8 Å². The van der Waals surface area contributed by atoms with Gasteiger partial charge in [-0.25, -0.2) is 0 Å². The van der Waals surface area contributed by atoms with Gasteiger partial charge in [-0.05, 0) is 0 Å². The van der Waals surface area contributed by atoms with Gasteiger partial charge in [0.25, 0.3) is 0 Å². The minimum atomic E-state index is -5.88. The van der Waals surface area contributed by atoms with Gasteiger partial charge >= 0.3 is 111 Å². The molecule has 0 saturated carbocycles. The molecule has 0 atom stereocenters. The van der Waals surface area contributed by atoms with Gasteiger partial charge in [0.05, 0.1) is 0 Å². The second-order valence-electron chi connectivity index (χ2n) is 0.894. The largest absolute Gasteiger partial charge is 2.00 e. The molecule has 0 amide bonds. The molecule has 0 heterocycles. The number of rotatable bonds is 0. The molecule has 0 aliphatic carbocycles. The Morgan fingerprint density at radius 3 is 0.381 bits per heavy atom. The number of hydrogen-bond donors (Lipinski definition) is 0. The third-order valence-electron chi connectivity index (χ3n) is 0. The molecule has 0 aromatic heterocycles. The van der Waals surface area contributed by atoms with Crippen molar-refractivity contribution < 1.29 is 126 Å². The van der Waals surface area contributed by atoms with Crippen molar-refractivity contribution in [2.75, 3.05) is 0 Å². The Bertz CT molecular complexity index is 134. The molecule has 3 radical (unpaired) electrons. The Morgan fingerprint density at radius 2 is 0.381 bits per heavy atom. The van der Waals surface area contributed by atoms with Crippen LogP contribution in [0, 0.1) is 0 Å². The molecule has 0 fully saturated rings. The quantitative estimate of drug-likeness (QED) is 0.240. The van der Waals surface area contributed by atoms with Crippen LogP contribution in [0.4, 0.5) is 0 Å². The maximum absolute atomic E-state index is 8.61. The van der Waals surface area contributed by atoms with Crippen LogP contribution in [0.1, 0.15) is 0 Å². The predicted octanol–water partition coefficient (Wildman–Crippen LogP) is -14.7. The number of hydrogen-bond acceptors (Lipinski definition) is 8. The maximum atomic E-state index is 8.61. The van der Waals surface area contributed by atoms with Crippen LogP contribution in [0.3, 0.4) is 0 Å². The summed E-state index contributed by atoms with van der Waals surface area (Å²) < 4.78 is 68.9. The normalized spacial score (nSPS) is 5.62. The zero-order valence-corrected chi connectivity index (χ0v) is 16.0. The average Bonchev–Trinajstić information content (AvgIpc) is 1.12. The zero-order chi connectivity index (χ0) is 9.00. The van der Waals surface area contributed by atoms with Crippen molar-refractivity contribution in [1.82, 2.24) is 0 Å². The molecular weight excluding hydrogens is 583 g/mol. The third kappa shape index (κ3) is 2990. The van der Waals surface area contributed by atoms with Gasteiger partial charge in [-0.3, -0.25) is 0 Å². The summed E-state index contributed by atoms with van der Waals surface area (Å²) in [5.41, 5.74) is 0. The average molecular weight is 599 g/mol. The van der Waals surface area contributed by atoms with Gasteiger partial charge in [-0.15, -0.1) is 0 Å². The van der Waals surface area contributed by atoms with E-state index in [1.165, 1.54) is 0 Å². The fraction of sp³-hybridized carbons (Fsp3) is 0. The summed E-state index contributed by atoms with van der Waals surface area (Å²) in [6.07, 6.45) is 0. The summed E-state index contributed by atoms with van der Waals surface area (Å²) in [5.74, 6) is 0. The molecule has 0 aliphatic heterocycles. The maximum Gasteiger partial charge on any atom is 2.00 e. The topological polar surface area (TPSA) is 424 Å². The summed E-state index contributed by atoms with van der Waals surface area (Å²) in [4.78, 5) is 0. The molecular formula is H16As2Co3O16. The van der Waals surface area contributed by atoms with Crippen LogP contribution in [-0.4, -0.2) is 72.8 Å². The van der Waals surface area contributed by atoms with E-state index in [9.17, 15) is 0 Å². The van der Waals surface area contributed by atoms with Gasteiger partial charge in [-0.2, -0.15) is 0 Å². The SMILES string of the molecule is O.O.O.O.O.O.O.O.O=[As]([O-])([O-])[O-].O=[As]([O-])([O-])[O-].[Co+2].[Co+2].[Co+2]. The van der Waals surface area contributed by atoms with Crippen molar-refractivity contribution in [1.29, 1.82) is 0 Å². The summed E-state index contributed by atoms with van der Waals surface area (Å²) in [7, 11) is 0. The second kappa shape index (κ2) is 49.5. The standard InChI is InChI=1S/2AsH3O4.3Co.8H2O/c2*2-1(3,4)5;;;;;;;;;;;/h2*(H3,2,3,4,5);;;;8*1H2/q;;3*+2;;;;;;;;/p-6. The van der Waals surface area contributed by atoms with Crippen molar-refractivity contribution in [3.63, 3.8) is 0 Å². The molecule has 0 spiro atoms. The molecule has 0 rings (SSSR count). The molecule has 0 aliphatic rings. The fourth-order valence-electron chi connectivity index (χ4n) is 0. The summed E-state index contributed by atoms with van der Waals surface area (Å²) in [6, 6.07) is 0. The first kappa shape index (κ1) is 114. The molecule has 0 aromatic rings. The van der Waals surface area contributed by atoms with Crippen LogP contribution in [0.2, 0.25) is 0 Å². The predicted molar refractivity (Wildman–Crippen MR) is 41.8 cm³/mol. The first-order valence-corrected chi connectivity index (χ1v) is 7.59. The van der Waals surface area contributed by atoms with Gasteiger partial charge in [0.2, 0.25) is 0 Å². The minimum absolute atomic E-state index is 0. The van der Waals surface area contributed by atoms with Crippen LogP contribution in [0.5, 0.6) is 0 Å². The van der Waals surface area contributed by atoms with E-state index in [1.54, 1.807) is 0 Å². The Kier molecular flexibility index (Phi) is 268. The van der Waals surface area contributed by atoms with E-state index in [-0.39, 0.29) is 94.1 Å². The van der Waals surface area contributed by atoms with E-state index in [0.29, 0.717) is 0 Å². The zero-order valence-electron chi connectivity index (χ0n) is 9.16. The summed E-state index contributed by atoms with van der Waals surface area (Å²) in [6.45, 7) is 0. The molecule has 0 unspecified atom stereocenters. The first-order chi connectivity index (χ1) is 4.00.